The van der Waals surface area contributed by atoms with Crippen molar-refractivity contribution in [3.8, 4) is 0 Å². The average molecular weight is 474 g/mol. The lowest BCUT2D eigenvalue weighted by atomic mass is 10.1. The van der Waals surface area contributed by atoms with E-state index in [9.17, 15) is 9.59 Å². The van der Waals surface area contributed by atoms with Crippen molar-refractivity contribution < 1.29 is 4.79 Å². The topological polar surface area (TPSA) is 81.8 Å². The third kappa shape index (κ3) is 4.24. The van der Waals surface area contributed by atoms with E-state index in [0.29, 0.717) is 5.16 Å². The lowest BCUT2D eigenvalue weighted by Gasteiger charge is -2.17. The predicted octanol–water partition coefficient (Wildman–Crippen LogP) is 4.78. The molecule has 3 heterocycles. The van der Waals surface area contributed by atoms with Crippen LogP contribution in [0.5, 0.6) is 0 Å². The van der Waals surface area contributed by atoms with Crippen molar-refractivity contribution in [2.75, 3.05) is 11.1 Å². The van der Waals surface area contributed by atoms with Gasteiger partial charge in [-0.25, -0.2) is 4.98 Å². The molecule has 1 aliphatic rings. The molecule has 1 amide bonds. The van der Waals surface area contributed by atoms with Gasteiger partial charge in [-0.15, -0.1) is 11.3 Å². The van der Waals surface area contributed by atoms with Crippen LogP contribution in [0.25, 0.3) is 10.2 Å². The molecule has 1 N–H and O–H groups in total. The van der Waals surface area contributed by atoms with Crippen LogP contribution < -0.4 is 10.9 Å². The SMILES string of the molecule is CCC(C)n1c(SCC(=O)Nc2c(C)nn(C)c2C)nc2sc3c(c2c1=O)CCCCC3. The smallest absolute Gasteiger partial charge is 0.263 e. The number of thiophene rings is 1. The minimum Gasteiger partial charge on any atom is -0.322 e. The minimum absolute atomic E-state index is 0.0223. The molecule has 0 aromatic carbocycles. The Labute approximate surface area is 196 Å². The van der Waals surface area contributed by atoms with Crippen molar-refractivity contribution in [2.24, 2.45) is 7.05 Å². The molecule has 0 bridgehead atoms. The van der Waals surface area contributed by atoms with Gasteiger partial charge in [-0.1, -0.05) is 25.1 Å². The second kappa shape index (κ2) is 9.39. The molecule has 1 aliphatic carbocycles. The summed E-state index contributed by atoms with van der Waals surface area (Å²) in [6, 6.07) is 0.0223. The van der Waals surface area contributed by atoms with Crippen LogP contribution in [0.1, 0.15) is 67.4 Å². The zero-order chi connectivity index (χ0) is 23.0. The van der Waals surface area contributed by atoms with Gasteiger partial charge in [0, 0.05) is 18.0 Å². The summed E-state index contributed by atoms with van der Waals surface area (Å²) in [5.41, 5.74) is 3.72. The van der Waals surface area contributed by atoms with Gasteiger partial charge < -0.3 is 5.32 Å². The number of fused-ring (bicyclic) bond motifs is 3. The fourth-order valence-corrected chi connectivity index (χ4v) is 6.51. The number of amides is 1. The van der Waals surface area contributed by atoms with E-state index in [0.717, 1.165) is 53.0 Å². The number of aromatic nitrogens is 4. The van der Waals surface area contributed by atoms with Crippen molar-refractivity contribution in [1.82, 2.24) is 19.3 Å². The van der Waals surface area contributed by atoms with Gasteiger partial charge in [0.2, 0.25) is 5.91 Å². The number of thioether (sulfide) groups is 1. The number of rotatable bonds is 6. The molecule has 9 heteroatoms. The van der Waals surface area contributed by atoms with E-state index in [2.05, 4.69) is 17.3 Å². The number of nitrogens with one attached hydrogen (secondary N) is 1. The molecule has 0 radical (unpaired) electrons. The Hall–Kier alpha value is -2.13. The third-order valence-corrected chi connectivity index (χ3v) is 8.51. The van der Waals surface area contributed by atoms with Crippen LogP contribution in [0.2, 0.25) is 0 Å². The summed E-state index contributed by atoms with van der Waals surface area (Å²) < 4.78 is 3.56. The van der Waals surface area contributed by atoms with Gasteiger partial charge in [0.15, 0.2) is 5.16 Å². The maximum absolute atomic E-state index is 13.6. The van der Waals surface area contributed by atoms with Gasteiger partial charge in [0.1, 0.15) is 4.83 Å². The van der Waals surface area contributed by atoms with Crippen LogP contribution in [0.3, 0.4) is 0 Å². The van der Waals surface area contributed by atoms with E-state index in [-0.39, 0.29) is 23.3 Å². The molecule has 1 unspecified atom stereocenters. The molecule has 32 heavy (non-hydrogen) atoms. The first kappa shape index (κ1) is 23.0. The number of anilines is 1. The van der Waals surface area contributed by atoms with Crippen LogP contribution in [-0.2, 0) is 24.7 Å². The summed E-state index contributed by atoms with van der Waals surface area (Å²) in [6.07, 6.45) is 6.35. The highest BCUT2D eigenvalue weighted by atomic mass is 32.2. The summed E-state index contributed by atoms with van der Waals surface area (Å²) in [5.74, 6) is 0.0639. The average Bonchev–Trinajstić information content (AvgIpc) is 3.11. The minimum atomic E-state index is -0.124. The largest absolute Gasteiger partial charge is 0.322 e. The zero-order valence-corrected chi connectivity index (χ0v) is 21.1. The fourth-order valence-electron chi connectivity index (χ4n) is 4.31. The van der Waals surface area contributed by atoms with Gasteiger partial charge in [-0.3, -0.25) is 18.8 Å². The molecule has 0 saturated carbocycles. The van der Waals surface area contributed by atoms with Crippen LogP contribution >= 0.6 is 23.1 Å². The molecule has 172 valence electrons. The molecule has 0 spiro atoms. The summed E-state index contributed by atoms with van der Waals surface area (Å²) in [5, 5.41) is 8.76. The van der Waals surface area contributed by atoms with Crippen LogP contribution in [0.15, 0.2) is 9.95 Å². The van der Waals surface area contributed by atoms with Gasteiger partial charge in [-0.2, -0.15) is 5.10 Å². The second-order valence-electron chi connectivity index (χ2n) is 8.58. The van der Waals surface area contributed by atoms with Gasteiger partial charge >= 0.3 is 0 Å². The Balaban J connectivity index is 1.65. The highest BCUT2D eigenvalue weighted by molar-refractivity contribution is 7.99. The summed E-state index contributed by atoms with van der Waals surface area (Å²) in [4.78, 5) is 33.4. The first-order valence-corrected chi connectivity index (χ1v) is 13.1. The highest BCUT2D eigenvalue weighted by Crippen LogP contribution is 2.35. The lowest BCUT2D eigenvalue weighted by Crippen LogP contribution is -2.27. The summed E-state index contributed by atoms with van der Waals surface area (Å²) in [6.45, 7) is 7.93. The number of carbonyl (C=O) groups is 1. The molecule has 1 atom stereocenters. The van der Waals surface area contributed by atoms with E-state index in [1.165, 1.54) is 35.0 Å². The first-order chi connectivity index (χ1) is 15.3. The van der Waals surface area contributed by atoms with Crippen LogP contribution in [-0.4, -0.2) is 31.0 Å². The van der Waals surface area contributed by atoms with E-state index >= 15 is 0 Å². The van der Waals surface area contributed by atoms with Crippen LogP contribution in [0, 0.1) is 13.8 Å². The summed E-state index contributed by atoms with van der Waals surface area (Å²) in [7, 11) is 1.86. The Bertz CT molecular complexity index is 1220. The van der Waals surface area contributed by atoms with E-state index in [1.54, 1.807) is 20.6 Å². The molecule has 0 aliphatic heterocycles. The molecule has 3 aromatic heterocycles. The lowest BCUT2D eigenvalue weighted by molar-refractivity contribution is -0.113. The van der Waals surface area contributed by atoms with Crippen LogP contribution in [0.4, 0.5) is 5.69 Å². The Morgan fingerprint density at radius 1 is 1.25 bits per heavy atom. The highest BCUT2D eigenvalue weighted by Gasteiger charge is 2.23. The number of hydrogen-bond acceptors (Lipinski definition) is 6. The predicted molar refractivity (Wildman–Crippen MR) is 132 cm³/mol. The van der Waals surface area contributed by atoms with Gasteiger partial charge in [0.05, 0.1) is 28.2 Å². The maximum Gasteiger partial charge on any atom is 0.263 e. The Kier molecular flexibility index (Phi) is 6.76. The van der Waals surface area contributed by atoms with Gasteiger partial charge in [-0.05, 0) is 58.4 Å². The van der Waals surface area contributed by atoms with Crippen molar-refractivity contribution in [3.63, 3.8) is 0 Å². The number of aryl methyl sites for hydroxylation is 4. The molecule has 0 saturated heterocycles. The first-order valence-electron chi connectivity index (χ1n) is 11.3. The molecule has 7 nitrogen and oxygen atoms in total. The van der Waals surface area contributed by atoms with Gasteiger partial charge in [0.25, 0.3) is 5.56 Å². The van der Waals surface area contributed by atoms with E-state index in [1.807, 2.05) is 27.8 Å². The van der Waals surface area contributed by atoms with E-state index < -0.39 is 0 Å². The maximum atomic E-state index is 13.6. The normalized spacial score (nSPS) is 14.9. The standard InChI is InChI=1S/C23H31N5O2S2/c1-6-13(2)28-22(30)19-16-10-8-7-9-11-17(16)32-21(19)25-23(28)31-12-18(29)24-20-14(3)26-27(5)15(20)4/h13H,6-12H2,1-5H3,(H,24,29). The molecule has 3 aromatic rings. The quantitative estimate of drug-likeness (QED) is 0.317. The third-order valence-electron chi connectivity index (χ3n) is 6.38. The van der Waals surface area contributed by atoms with Crippen molar-refractivity contribution in [2.45, 2.75) is 77.4 Å². The second-order valence-corrected chi connectivity index (χ2v) is 10.6. The summed E-state index contributed by atoms with van der Waals surface area (Å²) >= 11 is 3.00. The van der Waals surface area contributed by atoms with E-state index in [4.69, 9.17) is 4.98 Å². The Morgan fingerprint density at radius 3 is 2.69 bits per heavy atom. The molecular formula is C23H31N5O2S2. The van der Waals surface area contributed by atoms with Crippen molar-refractivity contribution in [1.29, 1.82) is 0 Å². The molecule has 0 fully saturated rings. The van der Waals surface area contributed by atoms with Crippen molar-refractivity contribution >= 4 is 44.9 Å². The monoisotopic (exact) mass is 473 g/mol. The zero-order valence-electron chi connectivity index (χ0n) is 19.4. The Morgan fingerprint density at radius 2 is 2.00 bits per heavy atom. The van der Waals surface area contributed by atoms with Crippen molar-refractivity contribution in [3.05, 3.63) is 32.2 Å². The number of nitrogens with zero attached hydrogens (tertiary/aromatic N) is 4. The molecule has 4 rings (SSSR count). The fraction of sp³-hybridized carbons (Fsp3) is 0.565. The number of hydrogen-bond donors (Lipinski definition) is 1. The molecular weight excluding hydrogens is 442 g/mol. The number of carbonyl (C=O) groups excluding carboxylic acids is 1.